The van der Waals surface area contributed by atoms with Crippen LogP contribution in [0.1, 0.15) is 40.0 Å². The molecule has 0 bridgehead atoms. The van der Waals surface area contributed by atoms with Gasteiger partial charge < -0.3 is 19.3 Å². The van der Waals surface area contributed by atoms with Gasteiger partial charge in [0.15, 0.2) is 0 Å². The minimum absolute atomic E-state index is 0.0717. The molecule has 0 unspecified atom stereocenters. The first-order chi connectivity index (χ1) is 12.0. The van der Waals surface area contributed by atoms with E-state index in [1.165, 1.54) is 6.92 Å². The molecule has 0 N–H and O–H groups in total. The van der Waals surface area contributed by atoms with Crippen LogP contribution in [0.25, 0.3) is 0 Å². The Morgan fingerprint density at radius 2 is 1.64 bits per heavy atom. The largest absolute Gasteiger partial charge is 0.497 e. The summed E-state index contributed by atoms with van der Waals surface area (Å²) in [4.78, 5) is 28.0. The van der Waals surface area contributed by atoms with Crippen LogP contribution in [0.5, 0.6) is 11.5 Å². The van der Waals surface area contributed by atoms with Crippen molar-refractivity contribution in [2.75, 3.05) is 38.8 Å². The predicted octanol–water partition coefficient (Wildman–Crippen LogP) is 3.10. The van der Waals surface area contributed by atoms with E-state index in [4.69, 9.17) is 9.47 Å². The second kappa shape index (κ2) is 10.6. The maximum Gasteiger partial charge on any atom is 0.224 e. The highest BCUT2D eigenvalue weighted by Crippen LogP contribution is 2.32. The molecule has 2 amide bonds. The molecule has 0 saturated carbocycles. The predicted molar refractivity (Wildman–Crippen MR) is 99.4 cm³/mol. The lowest BCUT2D eigenvalue weighted by molar-refractivity contribution is -0.131. The van der Waals surface area contributed by atoms with Gasteiger partial charge in [-0.3, -0.25) is 9.59 Å². The highest BCUT2D eigenvalue weighted by atomic mass is 16.5. The van der Waals surface area contributed by atoms with Gasteiger partial charge in [-0.2, -0.15) is 0 Å². The number of benzene rings is 1. The van der Waals surface area contributed by atoms with Crippen molar-refractivity contribution in [2.24, 2.45) is 0 Å². The van der Waals surface area contributed by atoms with Crippen molar-refractivity contribution in [1.29, 1.82) is 0 Å². The number of carbonyl (C=O) groups excluding carboxylic acids is 2. The number of rotatable bonds is 10. The van der Waals surface area contributed by atoms with E-state index in [9.17, 15) is 9.59 Å². The van der Waals surface area contributed by atoms with Crippen molar-refractivity contribution in [1.82, 2.24) is 4.90 Å². The molecular weight excluding hydrogens is 320 g/mol. The van der Waals surface area contributed by atoms with Gasteiger partial charge in [0.1, 0.15) is 11.5 Å². The molecule has 0 aliphatic heterocycles. The van der Waals surface area contributed by atoms with E-state index in [0.29, 0.717) is 23.7 Å². The average molecular weight is 350 g/mol. The summed E-state index contributed by atoms with van der Waals surface area (Å²) in [5, 5.41) is 0. The maximum atomic E-state index is 12.5. The van der Waals surface area contributed by atoms with Crippen molar-refractivity contribution in [3.63, 3.8) is 0 Å². The van der Waals surface area contributed by atoms with Gasteiger partial charge in [-0.25, -0.2) is 0 Å². The molecule has 0 radical (unpaired) electrons. The topological polar surface area (TPSA) is 59.1 Å². The highest BCUT2D eigenvalue weighted by molar-refractivity contribution is 5.94. The van der Waals surface area contributed by atoms with Gasteiger partial charge in [-0.1, -0.05) is 13.8 Å². The van der Waals surface area contributed by atoms with Crippen molar-refractivity contribution < 1.29 is 19.1 Å². The molecule has 0 spiro atoms. The van der Waals surface area contributed by atoms with Crippen LogP contribution >= 0.6 is 0 Å². The fraction of sp³-hybridized carbons (Fsp3) is 0.579. The van der Waals surface area contributed by atoms with Crippen molar-refractivity contribution in [3.8, 4) is 11.5 Å². The van der Waals surface area contributed by atoms with Crippen LogP contribution in [-0.4, -0.2) is 50.6 Å². The third kappa shape index (κ3) is 5.96. The fourth-order valence-corrected chi connectivity index (χ4v) is 2.72. The molecule has 0 heterocycles. The van der Waals surface area contributed by atoms with Gasteiger partial charge in [0.25, 0.3) is 0 Å². The minimum Gasteiger partial charge on any atom is -0.497 e. The Balaban J connectivity index is 2.91. The molecule has 0 aromatic heterocycles. The number of anilines is 1. The lowest BCUT2D eigenvalue weighted by atomic mass is 10.2. The Hall–Kier alpha value is -2.24. The Kier molecular flexibility index (Phi) is 8.81. The molecule has 140 valence electrons. The molecule has 0 atom stereocenters. The molecule has 25 heavy (non-hydrogen) atoms. The number of amides is 2. The van der Waals surface area contributed by atoms with Crippen LogP contribution < -0.4 is 14.4 Å². The summed E-state index contributed by atoms with van der Waals surface area (Å²) in [7, 11) is 3.12. The van der Waals surface area contributed by atoms with Crippen LogP contribution in [0.4, 0.5) is 5.69 Å². The number of carbonyl (C=O) groups is 2. The maximum absolute atomic E-state index is 12.5. The normalized spacial score (nSPS) is 10.3. The van der Waals surface area contributed by atoms with Gasteiger partial charge in [0.2, 0.25) is 11.8 Å². The summed E-state index contributed by atoms with van der Waals surface area (Å²) in [5.74, 6) is 1.13. The monoisotopic (exact) mass is 350 g/mol. The molecule has 0 aliphatic rings. The fourth-order valence-electron chi connectivity index (χ4n) is 2.72. The van der Waals surface area contributed by atoms with Crippen LogP contribution in [0.15, 0.2) is 18.2 Å². The van der Waals surface area contributed by atoms with Crippen LogP contribution in [0.3, 0.4) is 0 Å². The summed E-state index contributed by atoms with van der Waals surface area (Å²) in [5.41, 5.74) is 0.640. The summed E-state index contributed by atoms with van der Waals surface area (Å²) < 4.78 is 10.6. The second-order valence-corrected chi connectivity index (χ2v) is 5.84. The Morgan fingerprint density at radius 1 is 1.00 bits per heavy atom. The average Bonchev–Trinajstić information content (AvgIpc) is 2.61. The van der Waals surface area contributed by atoms with Gasteiger partial charge in [-0.15, -0.1) is 0 Å². The van der Waals surface area contributed by atoms with Crippen molar-refractivity contribution >= 4 is 17.5 Å². The highest BCUT2D eigenvalue weighted by Gasteiger charge is 2.20. The molecule has 0 saturated heterocycles. The first kappa shape index (κ1) is 20.8. The molecule has 0 fully saturated rings. The third-order valence-electron chi connectivity index (χ3n) is 3.95. The molecular formula is C19H30N2O4. The van der Waals surface area contributed by atoms with E-state index >= 15 is 0 Å². The van der Waals surface area contributed by atoms with Crippen molar-refractivity contribution in [2.45, 2.75) is 40.0 Å². The quantitative estimate of drug-likeness (QED) is 0.651. The Bertz CT molecular complexity index is 569. The first-order valence-corrected chi connectivity index (χ1v) is 8.76. The zero-order valence-corrected chi connectivity index (χ0v) is 16.0. The van der Waals surface area contributed by atoms with Gasteiger partial charge in [-0.05, 0) is 25.0 Å². The Labute approximate surface area is 150 Å². The molecule has 6 nitrogen and oxygen atoms in total. The number of methoxy groups -OCH3 is 2. The van der Waals surface area contributed by atoms with E-state index < -0.39 is 0 Å². The molecule has 1 aromatic rings. The molecule has 0 aliphatic carbocycles. The summed E-state index contributed by atoms with van der Waals surface area (Å²) in [6.07, 6.45) is 2.14. The van der Waals surface area contributed by atoms with Crippen LogP contribution in [-0.2, 0) is 9.59 Å². The zero-order chi connectivity index (χ0) is 18.8. The van der Waals surface area contributed by atoms with Gasteiger partial charge in [0, 0.05) is 39.0 Å². The van der Waals surface area contributed by atoms with Gasteiger partial charge >= 0.3 is 0 Å². The Morgan fingerprint density at radius 3 is 2.12 bits per heavy atom. The number of hydrogen-bond donors (Lipinski definition) is 0. The third-order valence-corrected chi connectivity index (χ3v) is 3.95. The van der Waals surface area contributed by atoms with E-state index in [0.717, 1.165) is 25.9 Å². The molecule has 1 aromatic carbocycles. The lowest BCUT2D eigenvalue weighted by Gasteiger charge is -2.26. The van der Waals surface area contributed by atoms with Crippen molar-refractivity contribution in [3.05, 3.63) is 18.2 Å². The lowest BCUT2D eigenvalue weighted by Crippen LogP contribution is -2.37. The first-order valence-electron chi connectivity index (χ1n) is 8.76. The van der Waals surface area contributed by atoms with Gasteiger partial charge in [0.05, 0.1) is 19.9 Å². The van der Waals surface area contributed by atoms with E-state index in [1.807, 2.05) is 4.90 Å². The number of hydrogen-bond acceptors (Lipinski definition) is 4. The second-order valence-electron chi connectivity index (χ2n) is 5.84. The minimum atomic E-state index is -0.131. The van der Waals surface area contributed by atoms with Crippen LogP contribution in [0, 0.1) is 0 Å². The number of ether oxygens (including phenoxy) is 2. The standard InChI is InChI=1S/C19H30N2O4/c1-6-11-20(12-7-2)19(23)10-13-21(15(3)22)17-9-8-16(24-4)14-18(17)25-5/h8-9,14H,6-7,10-13H2,1-5H3. The van der Waals surface area contributed by atoms with Crippen LogP contribution in [0.2, 0.25) is 0 Å². The van der Waals surface area contributed by atoms with E-state index in [2.05, 4.69) is 13.8 Å². The van der Waals surface area contributed by atoms with E-state index in [1.54, 1.807) is 37.3 Å². The van der Waals surface area contributed by atoms with E-state index in [-0.39, 0.29) is 18.2 Å². The smallest absolute Gasteiger partial charge is 0.224 e. The summed E-state index contributed by atoms with van der Waals surface area (Å²) >= 11 is 0. The summed E-state index contributed by atoms with van der Waals surface area (Å²) in [6, 6.07) is 5.28. The SMILES string of the molecule is CCCN(CCC)C(=O)CCN(C(C)=O)c1ccc(OC)cc1OC. The zero-order valence-electron chi connectivity index (χ0n) is 16.0. The molecule has 1 rings (SSSR count). The molecule has 6 heteroatoms. The summed E-state index contributed by atoms with van der Waals surface area (Å²) in [6.45, 7) is 7.42. The number of nitrogens with zero attached hydrogens (tertiary/aromatic N) is 2.